The van der Waals surface area contributed by atoms with Crippen LogP contribution in [0.4, 0.5) is 0 Å². The number of allylic oxidation sites excluding steroid dienone is 4. The molecule has 0 saturated heterocycles. The Balaban J connectivity index is 3.40. The van der Waals surface area contributed by atoms with Crippen molar-refractivity contribution < 1.29 is 15.0 Å². The number of nitrogens with one attached hydrogen (secondary N) is 1. The summed E-state index contributed by atoms with van der Waals surface area (Å²) >= 11 is 0. The fourth-order valence-corrected chi connectivity index (χ4v) is 10.5. The number of unbranched alkanes of at least 4 members (excludes halogenated alkanes) is 50. The minimum Gasteiger partial charge on any atom is -0.394 e. The number of hydrogen-bond acceptors (Lipinski definition) is 3. The van der Waals surface area contributed by atoms with Crippen LogP contribution in [-0.2, 0) is 4.79 Å². The third-order valence-corrected chi connectivity index (χ3v) is 15.5. The Bertz CT molecular complexity index is 1020. The average molecular weight is 985 g/mol. The second kappa shape index (κ2) is 62.2. The molecule has 4 nitrogen and oxygen atoms in total. The Morgan fingerprint density at radius 3 is 0.857 bits per heavy atom. The minimum absolute atomic E-state index is 0.0236. The molecule has 1 amide bonds. The maximum atomic E-state index is 12.5. The zero-order chi connectivity index (χ0) is 50.6. The first-order valence-corrected chi connectivity index (χ1v) is 32.5. The van der Waals surface area contributed by atoms with E-state index in [4.69, 9.17) is 0 Å². The van der Waals surface area contributed by atoms with Crippen molar-refractivity contribution >= 4 is 5.91 Å². The van der Waals surface area contributed by atoms with Gasteiger partial charge in [-0.15, -0.1) is 0 Å². The molecule has 2 atom stereocenters. The van der Waals surface area contributed by atoms with E-state index in [0.29, 0.717) is 12.8 Å². The van der Waals surface area contributed by atoms with Gasteiger partial charge in [0, 0.05) is 6.42 Å². The highest BCUT2D eigenvalue weighted by Crippen LogP contribution is 2.19. The second-order valence-electron chi connectivity index (χ2n) is 22.5. The van der Waals surface area contributed by atoms with E-state index >= 15 is 0 Å². The lowest BCUT2D eigenvalue weighted by atomic mass is 10.0. The quantitative estimate of drug-likeness (QED) is 0.0420. The summed E-state index contributed by atoms with van der Waals surface area (Å²) < 4.78 is 0. The van der Waals surface area contributed by atoms with Gasteiger partial charge in [-0.1, -0.05) is 346 Å². The van der Waals surface area contributed by atoms with Gasteiger partial charge in [0.15, 0.2) is 0 Å². The predicted octanol–water partition coefficient (Wildman–Crippen LogP) is 21.8. The Kier molecular flexibility index (Phi) is 61.2. The molecule has 0 saturated carbocycles. The molecule has 2 unspecified atom stereocenters. The molecular weight excluding hydrogens is 855 g/mol. The molecule has 0 heterocycles. The van der Waals surface area contributed by atoms with E-state index in [1.54, 1.807) is 0 Å². The summed E-state index contributed by atoms with van der Waals surface area (Å²) in [7, 11) is 0. The van der Waals surface area contributed by atoms with Crippen LogP contribution >= 0.6 is 0 Å². The Morgan fingerprint density at radius 2 is 0.586 bits per heavy atom. The third-order valence-electron chi connectivity index (χ3n) is 15.5. The topological polar surface area (TPSA) is 69.6 Å². The van der Waals surface area contributed by atoms with Gasteiger partial charge in [-0.25, -0.2) is 0 Å². The van der Waals surface area contributed by atoms with Crippen molar-refractivity contribution in [2.75, 3.05) is 6.61 Å². The molecule has 0 bridgehead atoms. The third kappa shape index (κ3) is 57.8. The first-order valence-electron chi connectivity index (χ1n) is 32.5. The van der Waals surface area contributed by atoms with Gasteiger partial charge in [0.2, 0.25) is 5.91 Å². The smallest absolute Gasteiger partial charge is 0.220 e. The highest BCUT2D eigenvalue weighted by molar-refractivity contribution is 5.76. The van der Waals surface area contributed by atoms with Gasteiger partial charge in [0.1, 0.15) is 0 Å². The van der Waals surface area contributed by atoms with Crippen LogP contribution in [0.5, 0.6) is 0 Å². The monoisotopic (exact) mass is 984 g/mol. The van der Waals surface area contributed by atoms with E-state index in [-0.39, 0.29) is 12.5 Å². The molecular formula is C66H129NO3. The molecule has 0 aromatic rings. The van der Waals surface area contributed by atoms with Gasteiger partial charge >= 0.3 is 0 Å². The zero-order valence-corrected chi connectivity index (χ0v) is 48.1. The van der Waals surface area contributed by atoms with Crippen LogP contribution in [0.2, 0.25) is 0 Å². The van der Waals surface area contributed by atoms with Gasteiger partial charge < -0.3 is 15.5 Å². The number of hydrogen-bond donors (Lipinski definition) is 3. The number of carbonyl (C=O) groups is 1. The molecule has 3 N–H and O–H groups in total. The summed E-state index contributed by atoms with van der Waals surface area (Å²) in [5.74, 6) is -0.0236. The van der Waals surface area contributed by atoms with Gasteiger partial charge in [0.25, 0.3) is 0 Å². The van der Waals surface area contributed by atoms with Crippen LogP contribution in [0.15, 0.2) is 24.3 Å². The van der Waals surface area contributed by atoms with E-state index < -0.39 is 12.1 Å². The predicted molar refractivity (Wildman–Crippen MR) is 313 cm³/mol. The lowest BCUT2D eigenvalue weighted by molar-refractivity contribution is -0.123. The SMILES string of the molecule is CCCCCCCCCCC/C=C\C/C=C\CCCCCCCCCCCCCCCCCCCC(=O)NC(CO)C(O)CCCCCCCCCCCCCCCCCCCCCCCCCCC. The number of amides is 1. The molecule has 0 rings (SSSR count). The average Bonchev–Trinajstić information content (AvgIpc) is 3.36. The van der Waals surface area contributed by atoms with E-state index in [1.807, 2.05) is 0 Å². The molecule has 0 aliphatic rings. The molecule has 0 aliphatic carbocycles. The molecule has 0 radical (unpaired) electrons. The van der Waals surface area contributed by atoms with Crippen LogP contribution in [0.25, 0.3) is 0 Å². The Hall–Kier alpha value is -1.13. The van der Waals surface area contributed by atoms with E-state index in [9.17, 15) is 15.0 Å². The largest absolute Gasteiger partial charge is 0.394 e. The molecule has 416 valence electrons. The molecule has 0 fully saturated rings. The maximum Gasteiger partial charge on any atom is 0.220 e. The number of aliphatic hydroxyl groups is 2. The summed E-state index contributed by atoms with van der Waals surface area (Å²) in [4.78, 5) is 12.5. The fourth-order valence-electron chi connectivity index (χ4n) is 10.5. The highest BCUT2D eigenvalue weighted by Gasteiger charge is 2.20. The molecule has 0 aromatic heterocycles. The van der Waals surface area contributed by atoms with Crippen LogP contribution in [0.1, 0.15) is 373 Å². The first kappa shape index (κ1) is 68.9. The number of rotatable bonds is 61. The van der Waals surface area contributed by atoms with Crippen molar-refractivity contribution in [1.29, 1.82) is 0 Å². The van der Waals surface area contributed by atoms with E-state index in [1.165, 1.54) is 315 Å². The van der Waals surface area contributed by atoms with Crippen molar-refractivity contribution in [2.45, 2.75) is 386 Å². The molecule has 70 heavy (non-hydrogen) atoms. The number of aliphatic hydroxyl groups excluding tert-OH is 2. The van der Waals surface area contributed by atoms with Gasteiger partial charge in [-0.3, -0.25) is 4.79 Å². The van der Waals surface area contributed by atoms with E-state index in [2.05, 4.69) is 43.5 Å². The van der Waals surface area contributed by atoms with Crippen molar-refractivity contribution in [3.8, 4) is 0 Å². The molecule has 4 heteroatoms. The standard InChI is InChI=1S/C66H129NO3/c1-3-5-7-9-11-13-15-17-19-21-23-25-27-29-30-31-32-33-34-35-36-38-40-42-44-46-48-50-52-54-56-58-60-62-66(70)67-64(63-68)65(69)61-59-57-55-53-51-49-47-45-43-41-39-37-28-26-24-22-20-18-16-14-12-10-8-6-4-2/h23,25,29-30,64-65,68-69H,3-22,24,26-28,31-63H2,1-2H3,(H,67,70)/b25-23-,30-29-. The Labute approximate surface area is 440 Å². The summed E-state index contributed by atoms with van der Waals surface area (Å²) in [5, 5.41) is 23.4. The van der Waals surface area contributed by atoms with Crippen LogP contribution in [0.3, 0.4) is 0 Å². The van der Waals surface area contributed by atoms with Crippen molar-refractivity contribution in [3.05, 3.63) is 24.3 Å². The lowest BCUT2D eigenvalue weighted by Gasteiger charge is -2.22. The first-order chi connectivity index (χ1) is 34.7. The normalized spacial score (nSPS) is 12.8. The summed E-state index contributed by atoms with van der Waals surface area (Å²) in [5.41, 5.74) is 0. The Morgan fingerprint density at radius 1 is 0.343 bits per heavy atom. The van der Waals surface area contributed by atoms with Crippen LogP contribution in [0, 0.1) is 0 Å². The fraction of sp³-hybridized carbons (Fsp3) is 0.924. The number of carbonyl (C=O) groups excluding carboxylic acids is 1. The molecule has 0 aliphatic heterocycles. The summed E-state index contributed by atoms with van der Waals surface area (Å²) in [6, 6.07) is -0.536. The highest BCUT2D eigenvalue weighted by atomic mass is 16.3. The van der Waals surface area contributed by atoms with Crippen molar-refractivity contribution in [2.24, 2.45) is 0 Å². The van der Waals surface area contributed by atoms with Gasteiger partial charge in [0.05, 0.1) is 18.8 Å². The van der Waals surface area contributed by atoms with E-state index in [0.717, 1.165) is 32.1 Å². The van der Waals surface area contributed by atoms with Crippen molar-refractivity contribution in [3.63, 3.8) is 0 Å². The molecule has 0 spiro atoms. The minimum atomic E-state index is -0.659. The molecule has 0 aromatic carbocycles. The van der Waals surface area contributed by atoms with Crippen LogP contribution < -0.4 is 5.32 Å². The maximum absolute atomic E-state index is 12.5. The summed E-state index contributed by atoms with van der Waals surface area (Å²) in [6.45, 7) is 4.40. The van der Waals surface area contributed by atoms with Gasteiger partial charge in [-0.05, 0) is 44.9 Å². The van der Waals surface area contributed by atoms with Gasteiger partial charge in [-0.2, -0.15) is 0 Å². The summed E-state index contributed by atoms with van der Waals surface area (Å²) in [6.07, 6.45) is 83.5. The second-order valence-corrected chi connectivity index (χ2v) is 22.5. The lowest BCUT2D eigenvalue weighted by Crippen LogP contribution is -2.45. The van der Waals surface area contributed by atoms with Crippen molar-refractivity contribution in [1.82, 2.24) is 5.32 Å². The zero-order valence-electron chi connectivity index (χ0n) is 48.1. The van der Waals surface area contributed by atoms with Crippen LogP contribution in [-0.4, -0.2) is 34.9 Å².